The molecule has 9 nitrogen and oxygen atoms in total. The number of ether oxygens (including phenoxy) is 1. The maximum atomic E-state index is 12.9. The Bertz CT molecular complexity index is 1100. The van der Waals surface area contributed by atoms with E-state index in [0.717, 1.165) is 11.2 Å². The lowest BCUT2D eigenvalue weighted by Gasteiger charge is -2.22. The Kier molecular flexibility index (Phi) is 5.53. The Morgan fingerprint density at radius 2 is 1.70 bits per heavy atom. The summed E-state index contributed by atoms with van der Waals surface area (Å²) in [5, 5.41) is 5.17. The van der Waals surface area contributed by atoms with E-state index in [1.165, 1.54) is 31.4 Å². The zero-order valence-electron chi connectivity index (χ0n) is 16.6. The summed E-state index contributed by atoms with van der Waals surface area (Å²) < 4.78 is 28.1. The summed E-state index contributed by atoms with van der Waals surface area (Å²) in [5.41, 5.74) is -0.404. The first-order valence-corrected chi connectivity index (χ1v) is 10.8. The Balaban J connectivity index is 1.71. The molecule has 2 N–H and O–H groups in total. The number of anilines is 1. The number of methoxy groups -OCH3 is 1. The molecule has 0 spiro atoms. The van der Waals surface area contributed by atoms with Gasteiger partial charge in [-0.05, 0) is 48.9 Å². The van der Waals surface area contributed by atoms with Crippen LogP contribution in [0, 0.1) is 0 Å². The first-order chi connectivity index (χ1) is 14.0. The number of benzene rings is 2. The highest BCUT2D eigenvalue weighted by Gasteiger charge is 2.49. The number of nitrogens with zero attached hydrogens (tertiary/aromatic N) is 1. The van der Waals surface area contributed by atoms with E-state index in [2.05, 4.69) is 10.6 Å². The second-order valence-electron chi connectivity index (χ2n) is 7.02. The molecule has 0 aliphatic carbocycles. The minimum absolute atomic E-state index is 0.116. The molecule has 0 aromatic heterocycles. The van der Waals surface area contributed by atoms with Crippen molar-refractivity contribution in [3.8, 4) is 5.75 Å². The highest BCUT2D eigenvalue weighted by molar-refractivity contribution is 7.90. The van der Waals surface area contributed by atoms with E-state index in [9.17, 15) is 22.8 Å². The predicted octanol–water partition coefficient (Wildman–Crippen LogP) is 1.50. The van der Waals surface area contributed by atoms with Gasteiger partial charge >= 0.3 is 6.03 Å². The van der Waals surface area contributed by atoms with Gasteiger partial charge in [0, 0.05) is 11.9 Å². The van der Waals surface area contributed by atoms with Crippen LogP contribution in [0.5, 0.6) is 5.75 Å². The molecule has 0 bridgehead atoms. The van der Waals surface area contributed by atoms with Crippen molar-refractivity contribution in [2.24, 2.45) is 0 Å². The van der Waals surface area contributed by atoms with Gasteiger partial charge in [-0.15, -0.1) is 0 Å². The summed E-state index contributed by atoms with van der Waals surface area (Å²) in [6.45, 7) is 1.08. The molecule has 1 unspecified atom stereocenters. The Hall–Kier alpha value is -3.40. The maximum absolute atomic E-state index is 12.9. The van der Waals surface area contributed by atoms with Gasteiger partial charge in [0.25, 0.3) is 5.91 Å². The summed E-state index contributed by atoms with van der Waals surface area (Å²) in [5.74, 6) is -0.540. The summed E-state index contributed by atoms with van der Waals surface area (Å²) in [7, 11) is -1.83. The number of hydrogen-bond donors (Lipinski definition) is 2. The Morgan fingerprint density at radius 3 is 2.23 bits per heavy atom. The fourth-order valence-corrected chi connectivity index (χ4v) is 3.72. The molecule has 1 aliphatic heterocycles. The van der Waals surface area contributed by atoms with E-state index in [1.807, 2.05) is 0 Å². The second kappa shape index (κ2) is 7.79. The Morgan fingerprint density at radius 1 is 1.10 bits per heavy atom. The normalized spacial score (nSPS) is 18.8. The van der Waals surface area contributed by atoms with E-state index in [1.54, 1.807) is 31.2 Å². The third kappa shape index (κ3) is 4.13. The number of amides is 4. The molecule has 1 atom stereocenters. The van der Waals surface area contributed by atoms with Crippen LogP contribution in [0.3, 0.4) is 0 Å². The molecule has 4 amide bonds. The molecule has 0 saturated carbocycles. The van der Waals surface area contributed by atoms with Crippen molar-refractivity contribution in [3.63, 3.8) is 0 Å². The smallest absolute Gasteiger partial charge is 0.325 e. The van der Waals surface area contributed by atoms with Gasteiger partial charge in [0.1, 0.15) is 17.8 Å². The number of carbonyl (C=O) groups is 3. The average molecular weight is 431 g/mol. The average Bonchev–Trinajstić information content (AvgIpc) is 2.91. The van der Waals surface area contributed by atoms with E-state index < -0.39 is 39.8 Å². The number of nitrogens with one attached hydrogen (secondary N) is 2. The summed E-state index contributed by atoms with van der Waals surface area (Å²) in [6, 6.07) is 11.6. The molecule has 1 aliphatic rings. The fourth-order valence-electron chi connectivity index (χ4n) is 3.09. The van der Waals surface area contributed by atoms with Crippen molar-refractivity contribution in [2.45, 2.75) is 17.4 Å². The van der Waals surface area contributed by atoms with E-state index in [-0.39, 0.29) is 4.90 Å². The van der Waals surface area contributed by atoms with Crippen molar-refractivity contribution in [1.82, 2.24) is 10.2 Å². The molecule has 10 heteroatoms. The highest BCUT2D eigenvalue weighted by Crippen LogP contribution is 2.30. The Labute approximate surface area is 173 Å². The first-order valence-electron chi connectivity index (χ1n) is 8.93. The van der Waals surface area contributed by atoms with Crippen LogP contribution in [0.4, 0.5) is 10.5 Å². The third-order valence-electron chi connectivity index (χ3n) is 4.81. The SMILES string of the molecule is COc1ccc(C2(C)NC(=O)N(CC(=O)Nc3ccc(S(C)(=O)=O)cc3)C2=O)cc1. The van der Waals surface area contributed by atoms with Gasteiger partial charge in [-0.2, -0.15) is 0 Å². The van der Waals surface area contributed by atoms with Gasteiger partial charge < -0.3 is 15.4 Å². The fraction of sp³-hybridized carbons (Fsp3) is 0.250. The van der Waals surface area contributed by atoms with E-state index in [0.29, 0.717) is 17.0 Å². The first kappa shape index (κ1) is 21.3. The molecule has 1 fully saturated rings. The third-order valence-corrected chi connectivity index (χ3v) is 5.94. The molecular weight excluding hydrogens is 410 g/mol. The number of sulfone groups is 1. The zero-order valence-corrected chi connectivity index (χ0v) is 17.4. The van der Waals surface area contributed by atoms with Crippen molar-refractivity contribution in [1.29, 1.82) is 0 Å². The van der Waals surface area contributed by atoms with Crippen LogP contribution in [0.15, 0.2) is 53.4 Å². The van der Waals surface area contributed by atoms with Gasteiger partial charge in [-0.3, -0.25) is 14.5 Å². The minimum atomic E-state index is -3.35. The highest BCUT2D eigenvalue weighted by atomic mass is 32.2. The molecule has 30 heavy (non-hydrogen) atoms. The standard InChI is InChI=1S/C20H21N3O6S/c1-20(13-4-8-15(29-2)9-5-13)18(25)23(19(26)22-20)12-17(24)21-14-6-10-16(11-7-14)30(3,27)28/h4-11H,12H2,1-3H3,(H,21,24)(H,22,26). The van der Waals surface area contributed by atoms with Crippen LogP contribution in [0.2, 0.25) is 0 Å². The lowest BCUT2D eigenvalue weighted by molar-refractivity contribution is -0.133. The lowest BCUT2D eigenvalue weighted by Crippen LogP contribution is -2.42. The maximum Gasteiger partial charge on any atom is 0.325 e. The number of hydrogen-bond acceptors (Lipinski definition) is 6. The largest absolute Gasteiger partial charge is 0.497 e. The lowest BCUT2D eigenvalue weighted by atomic mass is 9.92. The number of urea groups is 1. The summed E-state index contributed by atoms with van der Waals surface area (Å²) in [6.07, 6.45) is 1.08. The monoisotopic (exact) mass is 431 g/mol. The predicted molar refractivity (Wildman–Crippen MR) is 109 cm³/mol. The van der Waals surface area contributed by atoms with Gasteiger partial charge in [-0.1, -0.05) is 12.1 Å². The molecule has 1 heterocycles. The molecule has 2 aromatic carbocycles. The second-order valence-corrected chi connectivity index (χ2v) is 9.04. The van der Waals surface area contributed by atoms with Crippen LogP contribution in [-0.4, -0.2) is 51.1 Å². The van der Waals surface area contributed by atoms with Gasteiger partial charge in [0.05, 0.1) is 12.0 Å². The van der Waals surface area contributed by atoms with Crippen molar-refractivity contribution in [2.75, 3.05) is 25.2 Å². The molecule has 1 saturated heterocycles. The number of imide groups is 1. The molecule has 2 aromatic rings. The number of carbonyl (C=O) groups excluding carboxylic acids is 3. The quantitative estimate of drug-likeness (QED) is 0.669. The van der Waals surface area contributed by atoms with Gasteiger partial charge in [0.15, 0.2) is 9.84 Å². The van der Waals surface area contributed by atoms with Crippen LogP contribution in [0.1, 0.15) is 12.5 Å². The van der Waals surface area contributed by atoms with Crippen LogP contribution in [-0.2, 0) is 25.0 Å². The molecule has 0 radical (unpaired) electrons. The minimum Gasteiger partial charge on any atom is -0.497 e. The van der Waals surface area contributed by atoms with Crippen molar-refractivity contribution < 1.29 is 27.5 Å². The van der Waals surface area contributed by atoms with E-state index >= 15 is 0 Å². The molecule has 158 valence electrons. The van der Waals surface area contributed by atoms with Crippen LogP contribution >= 0.6 is 0 Å². The van der Waals surface area contributed by atoms with E-state index in [4.69, 9.17) is 4.74 Å². The van der Waals surface area contributed by atoms with Gasteiger partial charge in [0.2, 0.25) is 5.91 Å². The van der Waals surface area contributed by atoms with Crippen molar-refractivity contribution >= 4 is 33.4 Å². The van der Waals surface area contributed by atoms with Gasteiger partial charge in [-0.25, -0.2) is 13.2 Å². The number of rotatable bonds is 6. The molecule has 3 rings (SSSR count). The topological polar surface area (TPSA) is 122 Å². The summed E-state index contributed by atoms with van der Waals surface area (Å²) in [4.78, 5) is 38.6. The zero-order chi connectivity index (χ0) is 22.1. The molecular formula is C20H21N3O6S. The van der Waals surface area contributed by atoms with Crippen LogP contribution in [0.25, 0.3) is 0 Å². The summed E-state index contributed by atoms with van der Waals surface area (Å²) >= 11 is 0. The van der Waals surface area contributed by atoms with Crippen LogP contribution < -0.4 is 15.4 Å². The van der Waals surface area contributed by atoms with Crippen molar-refractivity contribution in [3.05, 3.63) is 54.1 Å².